The molecule has 0 fully saturated rings. The van der Waals surface area contributed by atoms with Crippen molar-refractivity contribution in [2.75, 3.05) is 21.3 Å². The molecule has 2 aromatic heterocycles. The molecule has 1 N–H and O–H groups in total. The van der Waals surface area contributed by atoms with Crippen LogP contribution < -0.4 is 14.2 Å². The fraction of sp³-hybridized carbons (Fsp3) is 0.150. The first-order valence-electron chi connectivity index (χ1n) is 8.78. The Hall–Kier alpha value is -3.79. The number of tetrazole rings is 1. The van der Waals surface area contributed by atoms with Crippen molar-refractivity contribution in [1.29, 1.82) is 0 Å². The first kappa shape index (κ1) is 19.5. The van der Waals surface area contributed by atoms with Gasteiger partial charge in [0.15, 0.2) is 17.3 Å². The van der Waals surface area contributed by atoms with E-state index in [1.54, 1.807) is 30.5 Å². The Morgan fingerprint density at radius 1 is 1.03 bits per heavy atom. The Balaban J connectivity index is 1.88. The SMILES string of the molecule is COc1cc(C(=O)c2cc(-c3nccs3)ccc2-c2nn[nH]n2)cc(OC)c1OC. The molecule has 0 radical (unpaired) electrons. The van der Waals surface area contributed by atoms with Gasteiger partial charge in [-0.05, 0) is 29.5 Å². The molecule has 10 heteroatoms. The van der Waals surface area contributed by atoms with Gasteiger partial charge < -0.3 is 14.2 Å². The second-order valence-electron chi connectivity index (χ2n) is 6.08. The molecule has 2 heterocycles. The van der Waals surface area contributed by atoms with Crippen molar-refractivity contribution in [3.63, 3.8) is 0 Å². The summed E-state index contributed by atoms with van der Waals surface area (Å²) in [4.78, 5) is 17.9. The number of hydrogen-bond donors (Lipinski definition) is 1. The molecule has 0 aliphatic carbocycles. The van der Waals surface area contributed by atoms with Crippen molar-refractivity contribution >= 4 is 17.1 Å². The largest absolute Gasteiger partial charge is 0.493 e. The molecule has 0 saturated carbocycles. The van der Waals surface area contributed by atoms with E-state index in [0.29, 0.717) is 39.8 Å². The quantitative estimate of drug-likeness (QED) is 0.451. The summed E-state index contributed by atoms with van der Waals surface area (Å²) in [7, 11) is 4.51. The van der Waals surface area contributed by atoms with Gasteiger partial charge in [-0.1, -0.05) is 6.07 Å². The van der Waals surface area contributed by atoms with E-state index in [2.05, 4.69) is 25.6 Å². The van der Waals surface area contributed by atoms with Crippen molar-refractivity contribution in [2.24, 2.45) is 0 Å². The van der Waals surface area contributed by atoms with E-state index in [1.807, 2.05) is 11.4 Å². The number of aromatic amines is 1. The van der Waals surface area contributed by atoms with E-state index in [0.717, 1.165) is 10.6 Å². The number of carbonyl (C=O) groups excluding carboxylic acids is 1. The molecule has 0 bridgehead atoms. The maximum absolute atomic E-state index is 13.6. The Kier molecular flexibility index (Phi) is 5.40. The third-order valence-corrected chi connectivity index (χ3v) is 5.28. The van der Waals surface area contributed by atoms with Gasteiger partial charge in [-0.3, -0.25) is 4.79 Å². The third kappa shape index (κ3) is 3.48. The van der Waals surface area contributed by atoms with E-state index in [-0.39, 0.29) is 5.78 Å². The van der Waals surface area contributed by atoms with Crippen molar-refractivity contribution in [3.8, 4) is 39.2 Å². The van der Waals surface area contributed by atoms with Gasteiger partial charge in [0, 0.05) is 33.8 Å². The molecule has 0 unspecified atom stereocenters. The molecule has 0 atom stereocenters. The van der Waals surface area contributed by atoms with Gasteiger partial charge >= 0.3 is 0 Å². The lowest BCUT2D eigenvalue weighted by Crippen LogP contribution is -2.06. The van der Waals surface area contributed by atoms with Crippen LogP contribution in [0.4, 0.5) is 0 Å². The topological polar surface area (TPSA) is 112 Å². The molecule has 2 aromatic carbocycles. The second kappa shape index (κ2) is 8.29. The van der Waals surface area contributed by atoms with Crippen LogP contribution in [0.15, 0.2) is 41.9 Å². The summed E-state index contributed by atoms with van der Waals surface area (Å²) in [6, 6.07) is 8.65. The fourth-order valence-corrected chi connectivity index (χ4v) is 3.71. The van der Waals surface area contributed by atoms with Crippen LogP contribution in [0.2, 0.25) is 0 Å². The van der Waals surface area contributed by atoms with E-state index in [9.17, 15) is 4.79 Å². The number of ether oxygens (including phenoxy) is 3. The summed E-state index contributed by atoms with van der Waals surface area (Å²) in [6.45, 7) is 0. The van der Waals surface area contributed by atoms with Crippen LogP contribution in [0, 0.1) is 0 Å². The van der Waals surface area contributed by atoms with Gasteiger partial charge in [-0.25, -0.2) is 4.98 Å². The van der Waals surface area contributed by atoms with Gasteiger partial charge in [0.05, 0.1) is 21.3 Å². The number of aromatic nitrogens is 5. The zero-order chi connectivity index (χ0) is 21.1. The van der Waals surface area contributed by atoms with Gasteiger partial charge in [0.2, 0.25) is 11.6 Å². The predicted octanol–water partition coefficient (Wildman–Crippen LogP) is 3.25. The maximum atomic E-state index is 13.6. The highest BCUT2D eigenvalue weighted by Crippen LogP contribution is 2.39. The smallest absolute Gasteiger partial charge is 0.205 e. The lowest BCUT2D eigenvalue weighted by Gasteiger charge is -2.14. The molecule has 4 rings (SSSR count). The van der Waals surface area contributed by atoms with Crippen LogP contribution in [-0.4, -0.2) is 52.7 Å². The first-order valence-corrected chi connectivity index (χ1v) is 9.66. The highest BCUT2D eigenvalue weighted by atomic mass is 32.1. The summed E-state index contributed by atoms with van der Waals surface area (Å²) in [5.41, 5.74) is 2.12. The minimum Gasteiger partial charge on any atom is -0.493 e. The number of thiazole rings is 1. The molecule has 0 amide bonds. The van der Waals surface area contributed by atoms with E-state index >= 15 is 0 Å². The number of benzene rings is 2. The van der Waals surface area contributed by atoms with Gasteiger partial charge in [0.25, 0.3) is 0 Å². The van der Waals surface area contributed by atoms with Gasteiger partial charge in [0.1, 0.15) is 5.01 Å². The summed E-state index contributed by atoms with van der Waals surface area (Å²) in [6.07, 6.45) is 1.72. The molecular weight excluding hydrogens is 406 g/mol. The Labute approximate surface area is 175 Å². The number of nitrogens with zero attached hydrogens (tertiary/aromatic N) is 4. The summed E-state index contributed by atoms with van der Waals surface area (Å²) >= 11 is 1.48. The highest BCUT2D eigenvalue weighted by molar-refractivity contribution is 7.13. The molecule has 0 aliphatic rings. The normalized spacial score (nSPS) is 10.6. The lowest BCUT2D eigenvalue weighted by atomic mass is 9.95. The molecule has 0 saturated heterocycles. The third-order valence-electron chi connectivity index (χ3n) is 4.46. The van der Waals surface area contributed by atoms with Crippen LogP contribution in [0.1, 0.15) is 15.9 Å². The minimum atomic E-state index is -0.257. The Bertz CT molecular complexity index is 1150. The molecular formula is C20H17N5O4S. The zero-order valence-corrected chi connectivity index (χ0v) is 17.2. The van der Waals surface area contributed by atoms with Gasteiger partial charge in [-0.15, -0.1) is 21.5 Å². The maximum Gasteiger partial charge on any atom is 0.205 e. The Morgan fingerprint density at radius 3 is 2.37 bits per heavy atom. The number of H-pyrrole nitrogens is 1. The van der Waals surface area contributed by atoms with Crippen LogP contribution >= 0.6 is 11.3 Å². The molecule has 152 valence electrons. The van der Waals surface area contributed by atoms with Crippen LogP contribution in [0.5, 0.6) is 17.2 Å². The molecule has 0 spiro atoms. The number of nitrogens with one attached hydrogen (secondary N) is 1. The second-order valence-corrected chi connectivity index (χ2v) is 6.97. The predicted molar refractivity (Wildman–Crippen MR) is 110 cm³/mol. The minimum absolute atomic E-state index is 0.257. The average Bonchev–Trinajstić information content (AvgIpc) is 3.51. The van der Waals surface area contributed by atoms with Crippen LogP contribution in [-0.2, 0) is 0 Å². The van der Waals surface area contributed by atoms with E-state index in [4.69, 9.17) is 14.2 Å². The summed E-state index contributed by atoms with van der Waals surface area (Å²) < 4.78 is 16.1. The standard InChI is InChI=1S/C20H17N5O4S/c1-27-15-9-12(10-16(28-2)18(15)29-3)17(26)14-8-11(20-21-6-7-30-20)4-5-13(14)19-22-24-25-23-19/h4-10H,1-3H3,(H,22,23,24,25). The zero-order valence-electron chi connectivity index (χ0n) is 16.4. The monoisotopic (exact) mass is 423 g/mol. The molecule has 0 aliphatic heterocycles. The first-order chi connectivity index (χ1) is 14.7. The highest BCUT2D eigenvalue weighted by Gasteiger charge is 2.22. The average molecular weight is 423 g/mol. The van der Waals surface area contributed by atoms with Crippen LogP contribution in [0.3, 0.4) is 0 Å². The summed E-state index contributed by atoms with van der Waals surface area (Å²) in [5, 5.41) is 16.8. The Morgan fingerprint density at radius 2 is 1.80 bits per heavy atom. The number of hydrogen-bond acceptors (Lipinski definition) is 9. The van der Waals surface area contributed by atoms with E-state index in [1.165, 1.54) is 32.7 Å². The fourth-order valence-electron chi connectivity index (χ4n) is 3.07. The number of carbonyl (C=O) groups is 1. The molecule has 9 nitrogen and oxygen atoms in total. The lowest BCUT2D eigenvalue weighted by molar-refractivity contribution is 0.103. The summed E-state index contributed by atoms with van der Waals surface area (Å²) in [5.74, 6) is 1.24. The molecule has 30 heavy (non-hydrogen) atoms. The number of methoxy groups -OCH3 is 3. The van der Waals surface area contributed by atoms with E-state index < -0.39 is 0 Å². The molecule has 4 aromatic rings. The number of ketones is 1. The van der Waals surface area contributed by atoms with Crippen molar-refractivity contribution in [3.05, 3.63) is 53.0 Å². The van der Waals surface area contributed by atoms with Crippen molar-refractivity contribution < 1.29 is 19.0 Å². The van der Waals surface area contributed by atoms with Crippen molar-refractivity contribution in [2.45, 2.75) is 0 Å². The van der Waals surface area contributed by atoms with Crippen molar-refractivity contribution in [1.82, 2.24) is 25.6 Å². The van der Waals surface area contributed by atoms with Crippen LogP contribution in [0.25, 0.3) is 22.0 Å². The van der Waals surface area contributed by atoms with Gasteiger partial charge in [-0.2, -0.15) is 5.21 Å². The number of rotatable bonds is 7.